The number of hydrogen-bond acceptors (Lipinski definition) is 4. The molecule has 0 atom stereocenters. The highest BCUT2D eigenvalue weighted by molar-refractivity contribution is 7.97. The molecule has 1 aromatic rings. The van der Waals surface area contributed by atoms with Crippen LogP contribution in [0.4, 0.5) is 0 Å². The van der Waals surface area contributed by atoms with Gasteiger partial charge in [-0.15, -0.1) is 12.6 Å². The van der Waals surface area contributed by atoms with Gasteiger partial charge in [0.25, 0.3) is 0 Å². The maximum Gasteiger partial charge on any atom is 0.163 e. The summed E-state index contributed by atoms with van der Waals surface area (Å²) in [6.07, 6.45) is 1.63. The van der Waals surface area contributed by atoms with E-state index in [9.17, 15) is 0 Å². The zero-order chi connectivity index (χ0) is 5.98. The van der Waals surface area contributed by atoms with Crippen molar-refractivity contribution >= 4 is 24.6 Å². The third-order valence-corrected chi connectivity index (χ3v) is 1.35. The molecule has 0 amide bonds. The highest BCUT2D eigenvalue weighted by Gasteiger charge is 1.91. The minimum atomic E-state index is 0.595. The molecule has 0 saturated heterocycles. The van der Waals surface area contributed by atoms with Gasteiger partial charge in [0, 0.05) is 0 Å². The highest BCUT2D eigenvalue weighted by atomic mass is 32.2. The number of nitrogens with one attached hydrogen (secondary N) is 1. The van der Waals surface area contributed by atoms with Crippen LogP contribution in [0.2, 0.25) is 0 Å². The first kappa shape index (κ1) is 6.00. The first-order valence-corrected chi connectivity index (χ1v) is 3.26. The Morgan fingerprint density at radius 2 is 2.62 bits per heavy atom. The number of aromatic amines is 1. The molecule has 0 aliphatic heterocycles. The van der Waals surface area contributed by atoms with Crippen molar-refractivity contribution in [2.24, 2.45) is 5.14 Å². The Bertz CT molecular complexity index is 173. The Balaban J connectivity index is 2.84. The van der Waals surface area contributed by atoms with E-state index in [0.717, 1.165) is 17.0 Å². The molecule has 0 unspecified atom stereocenters. The van der Waals surface area contributed by atoms with Crippen molar-refractivity contribution in [2.75, 3.05) is 0 Å². The quantitative estimate of drug-likeness (QED) is 0.404. The number of thiol groups is 1. The molecule has 1 heterocycles. The summed E-state index contributed by atoms with van der Waals surface area (Å²) < 4.78 is 0. The van der Waals surface area contributed by atoms with Crippen molar-refractivity contribution in [3.05, 3.63) is 6.20 Å². The lowest BCUT2D eigenvalue weighted by atomic mass is 11.0. The third kappa shape index (κ3) is 1.18. The molecule has 3 N–H and O–H groups in total. The van der Waals surface area contributed by atoms with Gasteiger partial charge in [-0.1, -0.05) is 0 Å². The van der Waals surface area contributed by atoms with Gasteiger partial charge in [0.05, 0.1) is 6.20 Å². The lowest BCUT2D eigenvalue weighted by Gasteiger charge is -1.81. The van der Waals surface area contributed by atoms with Gasteiger partial charge in [-0.25, -0.2) is 4.98 Å². The smallest absolute Gasteiger partial charge is 0.163 e. The van der Waals surface area contributed by atoms with Crippen LogP contribution in [-0.4, -0.2) is 9.97 Å². The van der Waals surface area contributed by atoms with Gasteiger partial charge in [0.15, 0.2) is 5.16 Å². The number of aromatic nitrogens is 2. The van der Waals surface area contributed by atoms with Crippen molar-refractivity contribution in [1.82, 2.24) is 9.97 Å². The predicted molar refractivity (Wildman–Crippen MR) is 35.9 cm³/mol. The monoisotopic (exact) mass is 147 g/mol. The van der Waals surface area contributed by atoms with Crippen LogP contribution < -0.4 is 5.14 Å². The van der Waals surface area contributed by atoms with E-state index in [4.69, 9.17) is 5.14 Å². The second-order valence-electron chi connectivity index (χ2n) is 1.19. The van der Waals surface area contributed by atoms with Crippen LogP contribution in [0.25, 0.3) is 0 Å². The zero-order valence-corrected chi connectivity index (χ0v) is 5.67. The first-order valence-electron chi connectivity index (χ1n) is 1.93. The predicted octanol–water partition coefficient (Wildman–Crippen LogP) is 0.664. The highest BCUT2D eigenvalue weighted by Crippen LogP contribution is 2.08. The number of H-pyrrole nitrogens is 1. The molecule has 0 aromatic carbocycles. The fourth-order valence-electron chi connectivity index (χ4n) is 0.354. The van der Waals surface area contributed by atoms with Gasteiger partial charge in [-0.3, -0.25) is 5.14 Å². The van der Waals surface area contributed by atoms with E-state index in [0.29, 0.717) is 5.16 Å². The molecule has 1 aromatic heterocycles. The number of rotatable bonds is 1. The molecule has 0 saturated carbocycles. The van der Waals surface area contributed by atoms with Crippen molar-refractivity contribution in [2.45, 2.75) is 10.2 Å². The number of hydrogen-bond donors (Lipinski definition) is 3. The van der Waals surface area contributed by atoms with Crippen molar-refractivity contribution in [3.8, 4) is 0 Å². The number of nitrogens with two attached hydrogens (primary N) is 1. The van der Waals surface area contributed by atoms with Gasteiger partial charge in [0.1, 0.15) is 5.03 Å². The van der Waals surface area contributed by atoms with Crippen LogP contribution in [-0.2, 0) is 0 Å². The second-order valence-corrected chi connectivity index (χ2v) is 2.29. The molecule has 0 bridgehead atoms. The first-order chi connectivity index (χ1) is 3.83. The standard InChI is InChI=1S/C3H5N3S2/c4-8-2-1-5-3(7)6-2/h1H,4H2,(H2,5,6,7). The molecular weight excluding hydrogens is 142 g/mol. The topological polar surface area (TPSA) is 54.7 Å². The van der Waals surface area contributed by atoms with E-state index in [2.05, 4.69) is 22.6 Å². The van der Waals surface area contributed by atoms with E-state index in [1.54, 1.807) is 6.20 Å². The summed E-state index contributed by atoms with van der Waals surface area (Å²) >= 11 is 5.05. The van der Waals surface area contributed by atoms with E-state index in [-0.39, 0.29) is 0 Å². The van der Waals surface area contributed by atoms with Crippen LogP contribution in [0.1, 0.15) is 0 Å². The molecule has 5 heteroatoms. The van der Waals surface area contributed by atoms with Crippen molar-refractivity contribution in [1.29, 1.82) is 0 Å². The Morgan fingerprint density at radius 1 is 1.88 bits per heavy atom. The lowest BCUT2D eigenvalue weighted by Crippen LogP contribution is -1.76. The van der Waals surface area contributed by atoms with E-state index in [1.165, 1.54) is 0 Å². The summed E-state index contributed by atoms with van der Waals surface area (Å²) in [6.45, 7) is 0. The Kier molecular flexibility index (Phi) is 1.82. The Hall–Kier alpha value is -0.130. The summed E-state index contributed by atoms with van der Waals surface area (Å²) in [5.74, 6) is 0. The molecule has 0 radical (unpaired) electrons. The SMILES string of the molecule is NSc1cnc(S)[nH]1. The summed E-state index contributed by atoms with van der Waals surface area (Å²) in [5.41, 5.74) is 0. The normalized spacial score (nSPS) is 9.75. The van der Waals surface area contributed by atoms with E-state index >= 15 is 0 Å². The zero-order valence-electron chi connectivity index (χ0n) is 3.96. The average molecular weight is 147 g/mol. The maximum atomic E-state index is 5.17. The molecular formula is C3H5N3S2. The largest absolute Gasteiger partial charge is 0.327 e. The number of imidazole rings is 1. The van der Waals surface area contributed by atoms with Gasteiger partial charge < -0.3 is 4.98 Å². The average Bonchev–Trinajstić information content (AvgIpc) is 2.14. The van der Waals surface area contributed by atoms with Crippen LogP contribution >= 0.6 is 24.6 Å². The van der Waals surface area contributed by atoms with Gasteiger partial charge in [-0.05, 0) is 11.9 Å². The minimum Gasteiger partial charge on any atom is -0.327 e. The maximum absolute atomic E-state index is 5.17. The van der Waals surface area contributed by atoms with Crippen LogP contribution in [0, 0.1) is 0 Å². The fraction of sp³-hybridized carbons (Fsp3) is 0. The molecule has 0 spiro atoms. The molecule has 1 rings (SSSR count). The van der Waals surface area contributed by atoms with Crippen molar-refractivity contribution < 1.29 is 0 Å². The van der Waals surface area contributed by atoms with Gasteiger partial charge >= 0.3 is 0 Å². The van der Waals surface area contributed by atoms with Gasteiger partial charge in [-0.2, -0.15) is 0 Å². The van der Waals surface area contributed by atoms with Crippen LogP contribution in [0.5, 0.6) is 0 Å². The second kappa shape index (κ2) is 2.43. The van der Waals surface area contributed by atoms with Crippen LogP contribution in [0.3, 0.4) is 0 Å². The Morgan fingerprint density at radius 3 is 2.88 bits per heavy atom. The minimum absolute atomic E-state index is 0.595. The molecule has 44 valence electrons. The Labute approximate surface area is 56.6 Å². The summed E-state index contributed by atoms with van der Waals surface area (Å²) in [7, 11) is 0. The summed E-state index contributed by atoms with van der Waals surface area (Å²) in [5, 5.41) is 6.60. The van der Waals surface area contributed by atoms with Crippen molar-refractivity contribution in [3.63, 3.8) is 0 Å². The molecule has 0 fully saturated rings. The molecule has 8 heavy (non-hydrogen) atoms. The van der Waals surface area contributed by atoms with Gasteiger partial charge in [0.2, 0.25) is 0 Å². The molecule has 0 aliphatic carbocycles. The van der Waals surface area contributed by atoms with E-state index in [1.807, 2.05) is 0 Å². The lowest BCUT2D eigenvalue weighted by molar-refractivity contribution is 1.03. The summed E-state index contributed by atoms with van der Waals surface area (Å²) in [6, 6.07) is 0. The fourth-order valence-corrected chi connectivity index (χ4v) is 0.877. The molecule has 0 aliphatic rings. The summed E-state index contributed by atoms with van der Waals surface area (Å²) in [4.78, 5) is 6.61. The van der Waals surface area contributed by atoms with Crippen LogP contribution in [0.15, 0.2) is 16.4 Å². The third-order valence-electron chi connectivity index (χ3n) is 0.666. The molecule has 3 nitrogen and oxygen atoms in total. The number of nitrogens with zero attached hydrogens (tertiary/aromatic N) is 1. The van der Waals surface area contributed by atoms with E-state index < -0.39 is 0 Å².